The first-order valence-electron chi connectivity index (χ1n) is 5.89. The smallest absolute Gasteiger partial charge is 0.271 e. The average Bonchev–Trinajstić information content (AvgIpc) is 2.12. The number of hydrogen-bond acceptors (Lipinski definition) is 3. The maximum absolute atomic E-state index is 12.0. The summed E-state index contributed by atoms with van der Waals surface area (Å²) in [5, 5.41) is 3.18. The van der Waals surface area contributed by atoms with Crippen LogP contribution in [0.4, 0.5) is 0 Å². The molecule has 0 aromatic carbocycles. The zero-order valence-electron chi connectivity index (χ0n) is 11.5. The Balaban J connectivity index is 2.75. The molecule has 1 amide bonds. The van der Waals surface area contributed by atoms with Crippen LogP contribution in [-0.2, 0) is 0 Å². The Morgan fingerprint density at radius 3 is 2.39 bits per heavy atom. The molecule has 0 fully saturated rings. The van der Waals surface area contributed by atoms with Crippen LogP contribution in [-0.4, -0.2) is 21.4 Å². The van der Waals surface area contributed by atoms with Crippen molar-refractivity contribution in [2.45, 2.75) is 46.6 Å². The van der Waals surface area contributed by atoms with Crippen LogP contribution in [0.5, 0.6) is 0 Å². The number of amides is 1. The van der Waals surface area contributed by atoms with Crippen LogP contribution < -0.4 is 5.32 Å². The third-order valence-corrected chi connectivity index (χ3v) is 2.44. The summed E-state index contributed by atoms with van der Waals surface area (Å²) < 4.78 is 0. The quantitative estimate of drug-likeness (QED) is 0.917. The van der Waals surface area contributed by atoms with E-state index in [1.807, 2.05) is 13.8 Å². The van der Waals surface area contributed by atoms with Gasteiger partial charge in [0, 0.05) is 5.54 Å². The molecule has 1 rings (SSSR count). The van der Waals surface area contributed by atoms with Crippen molar-refractivity contribution in [3.05, 3.63) is 23.2 Å². The second kappa shape index (κ2) is 5.22. The van der Waals surface area contributed by atoms with E-state index >= 15 is 0 Å². The van der Waals surface area contributed by atoms with Gasteiger partial charge in [-0.15, -0.1) is 0 Å². The fraction of sp³-hybridized carbons (Fsp3) is 0.615. The number of carbonyl (C=O) groups excluding carboxylic acids is 1. The fourth-order valence-corrected chi connectivity index (χ4v) is 2.34. The van der Waals surface area contributed by atoms with Crippen LogP contribution in [0.2, 0.25) is 5.15 Å². The third kappa shape index (κ3) is 5.00. The predicted octanol–water partition coefficient (Wildman–Crippen LogP) is 3.07. The Morgan fingerprint density at radius 2 is 1.89 bits per heavy atom. The van der Waals surface area contributed by atoms with Crippen molar-refractivity contribution in [2.75, 3.05) is 0 Å². The standard InChI is InChI=1S/C13H20ClN3O/c1-12(2,3)8-13(4,5)17-11(18)9-6-15-7-10(14)16-9/h6-7H,8H2,1-5H3,(H,17,18). The Labute approximate surface area is 113 Å². The average molecular weight is 270 g/mol. The number of halogens is 1. The zero-order chi connectivity index (χ0) is 14.0. The molecular formula is C13H20ClN3O. The van der Waals surface area contributed by atoms with Crippen molar-refractivity contribution in [1.82, 2.24) is 15.3 Å². The highest BCUT2D eigenvalue weighted by molar-refractivity contribution is 6.29. The van der Waals surface area contributed by atoms with Crippen LogP contribution in [0.15, 0.2) is 12.4 Å². The minimum Gasteiger partial charge on any atom is -0.346 e. The lowest BCUT2D eigenvalue weighted by atomic mass is 9.82. The first-order valence-corrected chi connectivity index (χ1v) is 6.27. The van der Waals surface area contributed by atoms with Crippen LogP contribution in [0.3, 0.4) is 0 Å². The molecule has 0 saturated heterocycles. The molecule has 0 aliphatic carbocycles. The van der Waals surface area contributed by atoms with Crippen molar-refractivity contribution < 1.29 is 4.79 Å². The highest BCUT2D eigenvalue weighted by atomic mass is 35.5. The third-order valence-electron chi connectivity index (χ3n) is 2.26. The first-order chi connectivity index (χ1) is 8.09. The predicted molar refractivity (Wildman–Crippen MR) is 72.7 cm³/mol. The van der Waals surface area contributed by atoms with Gasteiger partial charge in [0.2, 0.25) is 0 Å². The summed E-state index contributed by atoms with van der Waals surface area (Å²) in [6.45, 7) is 10.4. The van der Waals surface area contributed by atoms with E-state index in [0.29, 0.717) is 0 Å². The van der Waals surface area contributed by atoms with Gasteiger partial charge >= 0.3 is 0 Å². The Hall–Kier alpha value is -1.16. The van der Waals surface area contributed by atoms with Gasteiger partial charge in [0.1, 0.15) is 10.8 Å². The Kier molecular flexibility index (Phi) is 4.32. The van der Waals surface area contributed by atoms with Gasteiger partial charge < -0.3 is 5.32 Å². The number of nitrogens with one attached hydrogen (secondary N) is 1. The fourth-order valence-electron chi connectivity index (χ4n) is 2.19. The lowest BCUT2D eigenvalue weighted by Crippen LogP contribution is -2.46. The van der Waals surface area contributed by atoms with Crippen molar-refractivity contribution in [2.24, 2.45) is 5.41 Å². The maximum Gasteiger partial charge on any atom is 0.271 e. The molecule has 0 saturated carbocycles. The van der Waals surface area contributed by atoms with Gasteiger partial charge in [0.05, 0.1) is 12.4 Å². The molecule has 1 aromatic heterocycles. The molecule has 0 radical (unpaired) electrons. The topological polar surface area (TPSA) is 54.9 Å². The second-order valence-electron chi connectivity index (χ2n) is 6.30. The lowest BCUT2D eigenvalue weighted by molar-refractivity contribution is 0.0886. The number of nitrogens with zero attached hydrogens (tertiary/aromatic N) is 2. The normalized spacial score (nSPS) is 12.3. The van der Waals surface area contributed by atoms with Gasteiger partial charge in [-0.05, 0) is 25.7 Å². The molecule has 0 aliphatic heterocycles. The number of hydrogen-bond donors (Lipinski definition) is 1. The minimum absolute atomic E-state index is 0.136. The minimum atomic E-state index is -0.306. The molecule has 1 aromatic rings. The molecule has 0 bridgehead atoms. The zero-order valence-corrected chi connectivity index (χ0v) is 12.3. The molecule has 0 atom stereocenters. The molecule has 18 heavy (non-hydrogen) atoms. The van der Waals surface area contributed by atoms with Gasteiger partial charge in [-0.3, -0.25) is 9.78 Å². The highest BCUT2D eigenvalue weighted by Crippen LogP contribution is 2.26. The van der Waals surface area contributed by atoms with Gasteiger partial charge in [-0.2, -0.15) is 0 Å². The van der Waals surface area contributed by atoms with Crippen molar-refractivity contribution >= 4 is 17.5 Å². The van der Waals surface area contributed by atoms with Gasteiger partial charge in [-0.1, -0.05) is 32.4 Å². The lowest BCUT2D eigenvalue weighted by Gasteiger charge is -2.33. The maximum atomic E-state index is 12.0. The van der Waals surface area contributed by atoms with Gasteiger partial charge in [0.15, 0.2) is 0 Å². The van der Waals surface area contributed by atoms with Gasteiger partial charge in [0.25, 0.3) is 5.91 Å². The van der Waals surface area contributed by atoms with Crippen LogP contribution in [0.25, 0.3) is 0 Å². The molecule has 0 spiro atoms. The summed E-state index contributed by atoms with van der Waals surface area (Å²) in [5.41, 5.74) is 0.0697. The van der Waals surface area contributed by atoms with E-state index in [1.165, 1.54) is 12.4 Å². The number of rotatable bonds is 3. The Morgan fingerprint density at radius 1 is 1.28 bits per heavy atom. The molecule has 0 unspecified atom stereocenters. The summed E-state index contributed by atoms with van der Waals surface area (Å²) >= 11 is 5.71. The summed E-state index contributed by atoms with van der Waals surface area (Å²) in [4.78, 5) is 19.8. The molecular weight excluding hydrogens is 250 g/mol. The van der Waals surface area contributed by atoms with E-state index in [9.17, 15) is 4.79 Å². The molecule has 1 heterocycles. The van der Waals surface area contributed by atoms with E-state index in [-0.39, 0.29) is 27.7 Å². The summed E-state index contributed by atoms with van der Waals surface area (Å²) in [6.07, 6.45) is 3.67. The van der Waals surface area contributed by atoms with E-state index in [0.717, 1.165) is 6.42 Å². The number of aromatic nitrogens is 2. The van der Waals surface area contributed by atoms with E-state index in [2.05, 4.69) is 36.1 Å². The van der Waals surface area contributed by atoms with Crippen LogP contribution >= 0.6 is 11.6 Å². The van der Waals surface area contributed by atoms with Crippen molar-refractivity contribution in [3.8, 4) is 0 Å². The summed E-state index contributed by atoms with van der Waals surface area (Å²) in [6, 6.07) is 0. The van der Waals surface area contributed by atoms with E-state index in [4.69, 9.17) is 11.6 Å². The SMILES string of the molecule is CC(C)(C)CC(C)(C)NC(=O)c1cncc(Cl)n1. The molecule has 4 nitrogen and oxygen atoms in total. The van der Waals surface area contributed by atoms with Crippen LogP contribution in [0, 0.1) is 5.41 Å². The van der Waals surface area contributed by atoms with Crippen molar-refractivity contribution in [3.63, 3.8) is 0 Å². The van der Waals surface area contributed by atoms with Gasteiger partial charge in [-0.25, -0.2) is 4.98 Å². The summed E-state index contributed by atoms with van der Waals surface area (Å²) in [7, 11) is 0. The highest BCUT2D eigenvalue weighted by Gasteiger charge is 2.27. The van der Waals surface area contributed by atoms with Crippen molar-refractivity contribution in [1.29, 1.82) is 0 Å². The van der Waals surface area contributed by atoms with E-state index in [1.54, 1.807) is 0 Å². The second-order valence-corrected chi connectivity index (χ2v) is 6.69. The molecule has 100 valence electrons. The first kappa shape index (κ1) is 14.9. The number of carbonyl (C=O) groups is 1. The van der Waals surface area contributed by atoms with E-state index < -0.39 is 0 Å². The molecule has 0 aliphatic rings. The Bertz CT molecular complexity index is 438. The largest absolute Gasteiger partial charge is 0.346 e. The van der Waals surface area contributed by atoms with Crippen LogP contribution in [0.1, 0.15) is 51.5 Å². The monoisotopic (exact) mass is 269 g/mol. The molecule has 1 N–H and O–H groups in total. The summed E-state index contributed by atoms with van der Waals surface area (Å²) in [5.74, 6) is -0.251. The molecule has 5 heteroatoms.